The van der Waals surface area contributed by atoms with Gasteiger partial charge in [-0.25, -0.2) is 0 Å². The SMILES string of the molecule is CCOC(=O)[C@H]1CC[C@H](c2ccc(CN(CC[C@@]3(c4ccc(OC)cc4)CCOC(C)(C)C3)CC(C)(C)C(F)(F)F)cc2)CC1. The van der Waals surface area contributed by atoms with Crippen molar-refractivity contribution in [1.82, 2.24) is 4.90 Å². The molecule has 0 radical (unpaired) electrons. The Kier molecular flexibility index (Phi) is 11.3. The highest BCUT2D eigenvalue weighted by molar-refractivity contribution is 5.72. The molecule has 0 aromatic heterocycles. The van der Waals surface area contributed by atoms with Crippen molar-refractivity contribution < 1.29 is 32.2 Å². The van der Waals surface area contributed by atoms with Gasteiger partial charge in [0.15, 0.2) is 0 Å². The maximum atomic E-state index is 14.1. The molecular formula is C37H52F3NO4. The Morgan fingerprint density at radius 1 is 1.00 bits per heavy atom. The van der Waals surface area contributed by atoms with Gasteiger partial charge in [0.05, 0.1) is 30.7 Å². The fourth-order valence-electron chi connectivity index (χ4n) is 7.34. The Balaban J connectivity index is 1.51. The van der Waals surface area contributed by atoms with Gasteiger partial charge in [-0.15, -0.1) is 0 Å². The fraction of sp³-hybridized carbons (Fsp3) is 0.649. The molecule has 1 saturated heterocycles. The maximum Gasteiger partial charge on any atom is 0.395 e. The van der Waals surface area contributed by atoms with Crippen LogP contribution in [-0.2, 0) is 26.2 Å². The maximum absolute atomic E-state index is 14.1. The molecule has 1 saturated carbocycles. The van der Waals surface area contributed by atoms with Crippen molar-refractivity contribution in [2.24, 2.45) is 11.3 Å². The van der Waals surface area contributed by atoms with E-state index in [2.05, 4.69) is 50.2 Å². The van der Waals surface area contributed by atoms with Crippen LogP contribution >= 0.6 is 0 Å². The zero-order valence-electron chi connectivity index (χ0n) is 28.0. The minimum atomic E-state index is -4.31. The Hall–Kier alpha value is -2.58. The summed E-state index contributed by atoms with van der Waals surface area (Å²) in [5.74, 6) is 1.05. The first-order valence-electron chi connectivity index (χ1n) is 16.5. The van der Waals surface area contributed by atoms with Gasteiger partial charge in [-0.2, -0.15) is 13.2 Å². The molecule has 2 aliphatic rings. The molecule has 0 bridgehead atoms. The standard InChI is InChI=1S/C37H52F3NO4/c1-7-44-33(42)30-14-12-29(13-15-30)28-10-8-27(9-11-28)24-41(26-34(2,3)37(38,39)40)22-20-36(21-23-45-35(4,5)25-36)31-16-18-32(43-6)19-17-31/h8-11,16-19,29-30H,7,12-15,20-26H2,1-6H3/t29-,30-,36-/m1/s1. The molecule has 45 heavy (non-hydrogen) atoms. The molecule has 5 nitrogen and oxygen atoms in total. The lowest BCUT2D eigenvalue weighted by Gasteiger charge is -2.46. The average Bonchev–Trinajstić information content (AvgIpc) is 2.99. The van der Waals surface area contributed by atoms with E-state index in [1.807, 2.05) is 24.0 Å². The molecule has 0 spiro atoms. The Morgan fingerprint density at radius 3 is 2.20 bits per heavy atom. The third kappa shape index (κ3) is 9.03. The van der Waals surface area contributed by atoms with Gasteiger partial charge in [0, 0.05) is 25.1 Å². The smallest absolute Gasteiger partial charge is 0.395 e. The molecule has 0 N–H and O–H groups in total. The van der Waals surface area contributed by atoms with Crippen molar-refractivity contribution >= 4 is 5.97 Å². The average molecular weight is 632 g/mol. The highest BCUT2D eigenvalue weighted by atomic mass is 19.4. The van der Waals surface area contributed by atoms with Crippen molar-refractivity contribution in [3.63, 3.8) is 0 Å². The zero-order chi connectivity index (χ0) is 32.9. The molecule has 2 aromatic rings. The van der Waals surface area contributed by atoms with Crippen LogP contribution in [0.4, 0.5) is 13.2 Å². The summed E-state index contributed by atoms with van der Waals surface area (Å²) < 4.78 is 59.1. The topological polar surface area (TPSA) is 48.0 Å². The molecule has 2 aromatic carbocycles. The number of esters is 1. The van der Waals surface area contributed by atoms with E-state index in [0.717, 1.165) is 56.3 Å². The van der Waals surface area contributed by atoms with Gasteiger partial charge in [-0.05, 0) is 121 Å². The second-order valence-electron chi connectivity index (χ2n) is 14.4. The number of rotatable bonds is 12. The van der Waals surface area contributed by atoms with Crippen LogP contribution in [0, 0.1) is 11.3 Å². The summed E-state index contributed by atoms with van der Waals surface area (Å²) >= 11 is 0. The predicted molar refractivity (Wildman–Crippen MR) is 171 cm³/mol. The van der Waals surface area contributed by atoms with Crippen LogP contribution in [0.5, 0.6) is 5.75 Å². The molecule has 1 aliphatic carbocycles. The molecule has 1 atom stereocenters. The molecule has 250 valence electrons. The highest BCUT2D eigenvalue weighted by Gasteiger charge is 2.48. The number of halogens is 3. The third-order valence-electron chi connectivity index (χ3n) is 10.0. The number of carbonyl (C=O) groups excluding carboxylic acids is 1. The normalized spacial score (nSPS) is 24.0. The molecule has 1 heterocycles. The lowest BCUT2D eigenvalue weighted by atomic mass is 9.67. The largest absolute Gasteiger partial charge is 0.497 e. The molecule has 0 unspecified atom stereocenters. The minimum absolute atomic E-state index is 0.0199. The van der Waals surface area contributed by atoms with Crippen molar-refractivity contribution in [2.45, 2.75) is 109 Å². The summed E-state index contributed by atoms with van der Waals surface area (Å²) in [6, 6.07) is 16.5. The van der Waals surface area contributed by atoms with E-state index in [4.69, 9.17) is 14.2 Å². The molecule has 4 rings (SSSR count). The number of hydrogen-bond acceptors (Lipinski definition) is 5. The summed E-state index contributed by atoms with van der Waals surface area (Å²) in [4.78, 5) is 14.1. The van der Waals surface area contributed by atoms with Gasteiger partial charge >= 0.3 is 12.1 Å². The summed E-state index contributed by atoms with van der Waals surface area (Å²) in [6.07, 6.45) is 1.52. The summed E-state index contributed by atoms with van der Waals surface area (Å²) in [5, 5.41) is 0. The van der Waals surface area contributed by atoms with Gasteiger partial charge in [0.25, 0.3) is 0 Å². The molecular weight excluding hydrogens is 579 g/mol. The fourth-order valence-corrected chi connectivity index (χ4v) is 7.34. The number of ether oxygens (including phenoxy) is 3. The first-order valence-corrected chi connectivity index (χ1v) is 16.5. The van der Waals surface area contributed by atoms with Crippen LogP contribution in [0.3, 0.4) is 0 Å². The van der Waals surface area contributed by atoms with Crippen molar-refractivity contribution in [3.8, 4) is 5.75 Å². The minimum Gasteiger partial charge on any atom is -0.497 e. The van der Waals surface area contributed by atoms with Gasteiger partial charge < -0.3 is 14.2 Å². The van der Waals surface area contributed by atoms with Gasteiger partial charge in [0.1, 0.15) is 5.75 Å². The second-order valence-corrected chi connectivity index (χ2v) is 14.4. The highest BCUT2D eigenvalue weighted by Crippen LogP contribution is 2.45. The van der Waals surface area contributed by atoms with E-state index < -0.39 is 11.6 Å². The van der Waals surface area contributed by atoms with Crippen LogP contribution in [0.25, 0.3) is 0 Å². The van der Waals surface area contributed by atoms with Crippen molar-refractivity contribution in [2.75, 3.05) is 33.4 Å². The van der Waals surface area contributed by atoms with Crippen LogP contribution in [0.2, 0.25) is 0 Å². The first-order chi connectivity index (χ1) is 21.2. The number of methoxy groups -OCH3 is 1. The Labute approximate surface area is 267 Å². The third-order valence-corrected chi connectivity index (χ3v) is 10.0. The molecule has 2 fully saturated rings. The summed E-state index contributed by atoms with van der Waals surface area (Å²) in [7, 11) is 1.64. The number of hydrogen-bond donors (Lipinski definition) is 0. The Morgan fingerprint density at radius 2 is 1.64 bits per heavy atom. The van der Waals surface area contributed by atoms with E-state index in [-0.39, 0.29) is 29.4 Å². The van der Waals surface area contributed by atoms with Crippen LogP contribution in [-0.4, -0.2) is 56.1 Å². The monoisotopic (exact) mass is 631 g/mol. The molecule has 1 aliphatic heterocycles. The molecule has 0 amide bonds. The Bertz CT molecular complexity index is 1230. The second kappa shape index (κ2) is 14.5. The lowest BCUT2D eigenvalue weighted by molar-refractivity contribution is -0.217. The summed E-state index contributed by atoms with van der Waals surface area (Å²) in [5.41, 5.74) is 0.998. The zero-order valence-corrected chi connectivity index (χ0v) is 28.0. The molecule has 8 heteroatoms. The van der Waals surface area contributed by atoms with Crippen LogP contribution in [0.15, 0.2) is 48.5 Å². The van der Waals surface area contributed by atoms with Crippen LogP contribution < -0.4 is 4.74 Å². The first kappa shape index (κ1) is 35.3. The number of nitrogens with zero attached hydrogens (tertiary/aromatic N) is 1. The quantitative estimate of drug-likeness (QED) is 0.219. The number of benzene rings is 2. The van der Waals surface area contributed by atoms with E-state index in [9.17, 15) is 18.0 Å². The van der Waals surface area contributed by atoms with Gasteiger partial charge in [0.2, 0.25) is 0 Å². The van der Waals surface area contributed by atoms with Crippen LogP contribution in [0.1, 0.15) is 102 Å². The van der Waals surface area contributed by atoms with Gasteiger partial charge in [-0.1, -0.05) is 36.4 Å². The van der Waals surface area contributed by atoms with E-state index in [0.29, 0.717) is 32.2 Å². The van der Waals surface area contributed by atoms with E-state index >= 15 is 0 Å². The van der Waals surface area contributed by atoms with E-state index in [1.54, 1.807) is 7.11 Å². The summed E-state index contributed by atoms with van der Waals surface area (Å²) in [6.45, 7) is 10.5. The van der Waals surface area contributed by atoms with Crippen molar-refractivity contribution in [1.29, 1.82) is 0 Å². The van der Waals surface area contributed by atoms with E-state index in [1.165, 1.54) is 25.0 Å². The van der Waals surface area contributed by atoms with Gasteiger partial charge in [-0.3, -0.25) is 9.69 Å². The van der Waals surface area contributed by atoms with Crippen molar-refractivity contribution in [3.05, 3.63) is 65.2 Å². The predicted octanol–water partition coefficient (Wildman–Crippen LogP) is 8.84. The number of alkyl halides is 3. The number of carbonyl (C=O) groups is 1. The lowest BCUT2D eigenvalue weighted by Crippen LogP contribution is -2.47.